The summed E-state index contributed by atoms with van der Waals surface area (Å²) in [5.41, 5.74) is 4.28. The molecule has 6 heteroatoms. The van der Waals surface area contributed by atoms with Crippen LogP contribution in [0.15, 0.2) is 72.9 Å². The van der Waals surface area contributed by atoms with Crippen LogP contribution in [0.3, 0.4) is 0 Å². The van der Waals surface area contributed by atoms with Gasteiger partial charge >= 0.3 is 12.0 Å². The molecule has 0 spiro atoms. The summed E-state index contributed by atoms with van der Waals surface area (Å²) in [7, 11) is 0. The van der Waals surface area contributed by atoms with Gasteiger partial charge in [-0.05, 0) is 37.1 Å². The van der Waals surface area contributed by atoms with Crippen molar-refractivity contribution in [1.82, 2.24) is 15.2 Å². The molecule has 0 bridgehead atoms. The predicted molar refractivity (Wildman–Crippen MR) is 121 cm³/mol. The smallest absolute Gasteiger partial charge is 0.315 e. The van der Waals surface area contributed by atoms with Gasteiger partial charge in [0.15, 0.2) is 0 Å². The molecule has 2 N–H and O–H groups in total. The summed E-state index contributed by atoms with van der Waals surface area (Å²) in [4.78, 5) is 24.6. The van der Waals surface area contributed by atoms with Crippen molar-refractivity contribution in [2.45, 2.75) is 39.4 Å². The van der Waals surface area contributed by atoms with E-state index in [-0.39, 0.29) is 18.4 Å². The normalized spacial score (nSPS) is 11.5. The molecule has 162 valence electrons. The molecular weight excluding hydrogens is 390 g/mol. The highest BCUT2D eigenvalue weighted by atomic mass is 16.5. The van der Waals surface area contributed by atoms with E-state index in [2.05, 4.69) is 40.3 Å². The number of aromatic nitrogens is 1. The molecule has 3 rings (SSSR count). The fourth-order valence-electron chi connectivity index (χ4n) is 3.48. The zero-order chi connectivity index (χ0) is 22.1. The molecule has 1 heterocycles. The number of esters is 1. The van der Waals surface area contributed by atoms with Crippen molar-refractivity contribution in [3.05, 3.63) is 95.3 Å². The van der Waals surface area contributed by atoms with Crippen LogP contribution in [0.2, 0.25) is 0 Å². The number of ether oxygens (including phenoxy) is 1. The maximum absolute atomic E-state index is 12.6. The highest BCUT2D eigenvalue weighted by Crippen LogP contribution is 2.17. The first kappa shape index (κ1) is 22.2. The van der Waals surface area contributed by atoms with E-state index in [0.29, 0.717) is 13.2 Å². The standard InChI is InChI=1S/C25H29N3O3/c1-3-31-24(29)16-23(21-11-5-4-6-12-21)27-25(30)26-17-22-13-8-14-28(22)18-20-10-7-9-19(2)15-20/h4-15,23H,3,16-18H2,1-2H3,(H2,26,27,30)/t23-/m1/s1. The van der Waals surface area contributed by atoms with Crippen molar-refractivity contribution < 1.29 is 14.3 Å². The quantitative estimate of drug-likeness (QED) is 0.507. The van der Waals surface area contributed by atoms with Gasteiger partial charge in [-0.3, -0.25) is 4.79 Å². The van der Waals surface area contributed by atoms with E-state index >= 15 is 0 Å². The summed E-state index contributed by atoms with van der Waals surface area (Å²) in [6.45, 7) is 5.27. The third kappa shape index (κ3) is 6.74. The van der Waals surface area contributed by atoms with Crippen LogP contribution in [0, 0.1) is 6.92 Å². The lowest BCUT2D eigenvalue weighted by Crippen LogP contribution is -2.38. The summed E-state index contributed by atoms with van der Waals surface area (Å²) in [6.07, 6.45) is 2.08. The van der Waals surface area contributed by atoms with E-state index in [4.69, 9.17) is 4.74 Å². The fourth-order valence-corrected chi connectivity index (χ4v) is 3.48. The van der Waals surface area contributed by atoms with Crippen LogP contribution in [0.5, 0.6) is 0 Å². The molecule has 2 aromatic carbocycles. The first-order valence-electron chi connectivity index (χ1n) is 10.5. The highest BCUT2D eigenvalue weighted by Gasteiger charge is 2.19. The lowest BCUT2D eigenvalue weighted by atomic mass is 10.0. The Kier molecular flexibility index (Phi) is 7.87. The minimum Gasteiger partial charge on any atom is -0.466 e. The first-order chi connectivity index (χ1) is 15.0. The molecule has 0 radical (unpaired) electrons. The minimum atomic E-state index is -0.459. The number of hydrogen-bond donors (Lipinski definition) is 2. The van der Waals surface area contributed by atoms with Gasteiger partial charge in [0.05, 0.1) is 25.6 Å². The lowest BCUT2D eigenvalue weighted by molar-refractivity contribution is -0.143. The largest absolute Gasteiger partial charge is 0.466 e. The second-order valence-corrected chi connectivity index (χ2v) is 7.42. The Morgan fingerprint density at radius 3 is 2.58 bits per heavy atom. The van der Waals surface area contributed by atoms with Crippen molar-refractivity contribution >= 4 is 12.0 Å². The van der Waals surface area contributed by atoms with E-state index in [1.165, 1.54) is 11.1 Å². The number of amides is 2. The van der Waals surface area contributed by atoms with E-state index in [1.807, 2.05) is 54.7 Å². The number of urea groups is 1. The second kappa shape index (κ2) is 11.0. The fraction of sp³-hybridized carbons (Fsp3) is 0.280. The Balaban J connectivity index is 1.60. The molecule has 31 heavy (non-hydrogen) atoms. The van der Waals surface area contributed by atoms with Crippen molar-refractivity contribution in [3.63, 3.8) is 0 Å². The van der Waals surface area contributed by atoms with Crippen LogP contribution >= 0.6 is 0 Å². The number of benzene rings is 2. The van der Waals surface area contributed by atoms with Crippen molar-refractivity contribution in [2.75, 3.05) is 6.61 Å². The van der Waals surface area contributed by atoms with Crippen LogP contribution in [0.1, 0.15) is 41.8 Å². The Labute approximate surface area is 183 Å². The molecule has 1 atom stereocenters. The lowest BCUT2D eigenvalue weighted by Gasteiger charge is -2.19. The van der Waals surface area contributed by atoms with E-state index in [1.54, 1.807) is 6.92 Å². The molecule has 1 aromatic heterocycles. The van der Waals surface area contributed by atoms with Crippen molar-refractivity contribution in [3.8, 4) is 0 Å². The number of nitrogens with zero attached hydrogens (tertiary/aromatic N) is 1. The van der Waals surface area contributed by atoms with Gasteiger partial charge in [0.2, 0.25) is 0 Å². The summed E-state index contributed by atoms with van der Waals surface area (Å²) >= 11 is 0. The Morgan fingerprint density at radius 1 is 1.03 bits per heavy atom. The van der Waals surface area contributed by atoms with Crippen LogP contribution in [0.4, 0.5) is 4.79 Å². The molecule has 3 aromatic rings. The SMILES string of the molecule is CCOC(=O)C[C@@H](NC(=O)NCc1cccn1Cc1cccc(C)c1)c1ccccc1. The third-order valence-corrected chi connectivity index (χ3v) is 4.97. The Hall–Kier alpha value is -3.54. The van der Waals surface area contributed by atoms with Gasteiger partial charge in [-0.25, -0.2) is 4.79 Å². The zero-order valence-electron chi connectivity index (χ0n) is 18.0. The zero-order valence-corrected chi connectivity index (χ0v) is 18.0. The van der Waals surface area contributed by atoms with Crippen LogP contribution in [0.25, 0.3) is 0 Å². The molecule has 0 saturated carbocycles. The molecule has 0 unspecified atom stereocenters. The molecular formula is C25H29N3O3. The summed E-state index contributed by atoms with van der Waals surface area (Å²) < 4.78 is 7.17. The molecule has 0 fully saturated rings. The van der Waals surface area contributed by atoms with Crippen molar-refractivity contribution in [2.24, 2.45) is 0 Å². The van der Waals surface area contributed by atoms with Gasteiger partial charge in [0.25, 0.3) is 0 Å². The second-order valence-electron chi connectivity index (χ2n) is 7.42. The maximum atomic E-state index is 12.6. The average Bonchev–Trinajstić information content (AvgIpc) is 3.19. The highest BCUT2D eigenvalue weighted by molar-refractivity contribution is 5.76. The van der Waals surface area contributed by atoms with Gasteiger partial charge in [-0.15, -0.1) is 0 Å². The van der Waals surface area contributed by atoms with Gasteiger partial charge in [-0.2, -0.15) is 0 Å². The number of nitrogens with one attached hydrogen (secondary N) is 2. The van der Waals surface area contributed by atoms with Crippen LogP contribution in [-0.4, -0.2) is 23.2 Å². The van der Waals surface area contributed by atoms with Gasteiger partial charge in [0, 0.05) is 18.4 Å². The number of carbonyl (C=O) groups is 2. The molecule has 6 nitrogen and oxygen atoms in total. The van der Waals surface area contributed by atoms with Gasteiger partial charge < -0.3 is 19.9 Å². The van der Waals surface area contributed by atoms with E-state index in [9.17, 15) is 9.59 Å². The van der Waals surface area contributed by atoms with Crippen LogP contribution in [-0.2, 0) is 22.6 Å². The number of carbonyl (C=O) groups excluding carboxylic acids is 2. The average molecular weight is 420 g/mol. The molecule has 0 aliphatic rings. The van der Waals surface area contributed by atoms with E-state index < -0.39 is 6.04 Å². The Bertz CT molecular complexity index is 998. The van der Waals surface area contributed by atoms with Crippen molar-refractivity contribution in [1.29, 1.82) is 0 Å². The summed E-state index contributed by atoms with van der Waals surface area (Å²) in [5.74, 6) is -0.344. The molecule has 0 aliphatic carbocycles. The Morgan fingerprint density at radius 2 is 1.84 bits per heavy atom. The number of aryl methyl sites for hydroxylation is 1. The predicted octanol–water partition coefficient (Wildman–Crippen LogP) is 4.34. The molecule has 0 aliphatic heterocycles. The summed E-state index contributed by atoms with van der Waals surface area (Å²) in [6, 6.07) is 21.0. The molecule has 0 saturated heterocycles. The van der Waals surface area contributed by atoms with Crippen LogP contribution < -0.4 is 10.6 Å². The first-order valence-corrected chi connectivity index (χ1v) is 10.5. The molecule has 2 amide bonds. The number of rotatable bonds is 9. The van der Waals surface area contributed by atoms with E-state index in [0.717, 1.165) is 17.8 Å². The minimum absolute atomic E-state index is 0.0784. The topological polar surface area (TPSA) is 72.4 Å². The third-order valence-electron chi connectivity index (χ3n) is 4.97. The maximum Gasteiger partial charge on any atom is 0.315 e. The summed E-state index contributed by atoms with van der Waals surface area (Å²) in [5, 5.41) is 5.81. The number of hydrogen-bond acceptors (Lipinski definition) is 3. The van der Waals surface area contributed by atoms with Gasteiger partial charge in [-0.1, -0.05) is 60.2 Å². The van der Waals surface area contributed by atoms with Gasteiger partial charge in [0.1, 0.15) is 0 Å². The monoisotopic (exact) mass is 419 g/mol.